The first-order valence-electron chi connectivity index (χ1n) is 0.939. The standard InChI is InChI=1S/C3H3I/c1-2-3-4/h1H3. The molecule has 0 fully saturated rings. The smallest absolute Gasteiger partial charge is 0.0181 e. The highest BCUT2D eigenvalue weighted by atomic mass is 127. The van der Waals surface area contributed by atoms with Crippen LogP contribution in [-0.4, -0.2) is 0 Å². The normalized spacial score (nSPS) is 3.50. The van der Waals surface area contributed by atoms with Gasteiger partial charge in [-0.2, -0.15) is 0 Å². The van der Waals surface area contributed by atoms with Crippen molar-refractivity contribution in [2.45, 2.75) is 6.92 Å². The minimum Gasteiger partial charge on any atom is -0.0953 e. The van der Waals surface area contributed by atoms with E-state index in [-0.39, 0.29) is 0 Å². The Balaban J connectivity index is 2.83. The SMILES string of the molecule is CC#CI. The molecule has 0 saturated heterocycles. The molecule has 0 N–H and O–H groups in total. The van der Waals surface area contributed by atoms with Crippen LogP contribution in [0.1, 0.15) is 6.92 Å². The molecule has 0 amide bonds. The number of rotatable bonds is 0. The van der Waals surface area contributed by atoms with Crippen molar-refractivity contribution >= 4 is 22.6 Å². The molecule has 0 aromatic rings. The van der Waals surface area contributed by atoms with Crippen molar-refractivity contribution in [3.8, 4) is 9.85 Å². The third kappa shape index (κ3) is 2.29. The van der Waals surface area contributed by atoms with Crippen LogP contribution in [0, 0.1) is 9.85 Å². The van der Waals surface area contributed by atoms with Gasteiger partial charge in [0.25, 0.3) is 0 Å². The van der Waals surface area contributed by atoms with Crippen molar-refractivity contribution in [3.05, 3.63) is 0 Å². The Kier molecular flexibility index (Phi) is 3.53. The van der Waals surface area contributed by atoms with Crippen molar-refractivity contribution in [2.24, 2.45) is 0 Å². The third-order valence-corrected chi connectivity index (χ3v) is 0.634. The summed E-state index contributed by atoms with van der Waals surface area (Å²) in [6.45, 7) is 1.81. The van der Waals surface area contributed by atoms with Crippen LogP contribution in [-0.2, 0) is 0 Å². The van der Waals surface area contributed by atoms with Gasteiger partial charge in [-0.05, 0) is 10.9 Å². The lowest BCUT2D eigenvalue weighted by atomic mass is 10.9. The largest absolute Gasteiger partial charge is 0.0953 e. The Hall–Kier alpha value is 0.290. The van der Waals surface area contributed by atoms with Gasteiger partial charge >= 0.3 is 0 Å². The van der Waals surface area contributed by atoms with Gasteiger partial charge in [0, 0.05) is 22.6 Å². The number of hydrogen-bond acceptors (Lipinski definition) is 0. The molecule has 0 aromatic heterocycles. The molecule has 0 heterocycles. The second kappa shape index (κ2) is 3.29. The fraction of sp³-hybridized carbons (Fsp3) is 0.333. The van der Waals surface area contributed by atoms with E-state index in [1.54, 1.807) is 0 Å². The van der Waals surface area contributed by atoms with Gasteiger partial charge in [0.2, 0.25) is 0 Å². The van der Waals surface area contributed by atoms with E-state index in [4.69, 9.17) is 0 Å². The van der Waals surface area contributed by atoms with E-state index in [2.05, 4.69) is 9.85 Å². The van der Waals surface area contributed by atoms with E-state index in [9.17, 15) is 0 Å². The third-order valence-electron chi connectivity index (χ3n) is 0.0945. The maximum absolute atomic E-state index is 2.67. The number of hydrogen-bond donors (Lipinski definition) is 0. The zero-order valence-corrected chi connectivity index (χ0v) is 4.54. The van der Waals surface area contributed by atoms with Gasteiger partial charge in [0.05, 0.1) is 0 Å². The molecule has 0 radical (unpaired) electrons. The number of halogens is 1. The van der Waals surface area contributed by atoms with Crippen molar-refractivity contribution in [3.63, 3.8) is 0 Å². The lowest BCUT2D eigenvalue weighted by molar-refractivity contribution is 1.94. The van der Waals surface area contributed by atoms with Crippen LogP contribution in [0.5, 0.6) is 0 Å². The molecule has 4 heavy (non-hydrogen) atoms. The van der Waals surface area contributed by atoms with Crippen LogP contribution in [0.15, 0.2) is 0 Å². The van der Waals surface area contributed by atoms with Gasteiger partial charge in [-0.25, -0.2) is 0 Å². The predicted molar refractivity (Wildman–Crippen MR) is 27.5 cm³/mol. The Morgan fingerprint density at radius 1 is 1.75 bits per heavy atom. The van der Waals surface area contributed by atoms with Gasteiger partial charge in [-0.1, -0.05) is 5.92 Å². The van der Waals surface area contributed by atoms with E-state index in [1.807, 2.05) is 29.5 Å². The Morgan fingerprint density at radius 3 is 2.00 bits per heavy atom. The maximum atomic E-state index is 2.67. The van der Waals surface area contributed by atoms with Crippen LogP contribution in [0.2, 0.25) is 0 Å². The molecule has 22 valence electrons. The molecule has 0 nitrogen and oxygen atoms in total. The highest BCUT2D eigenvalue weighted by molar-refractivity contribution is 14.1. The molecule has 1 heteroatoms. The summed E-state index contributed by atoms with van der Waals surface area (Å²) < 4.78 is 2.65. The highest BCUT2D eigenvalue weighted by Crippen LogP contribution is 1.65. The molecule has 0 aliphatic rings. The van der Waals surface area contributed by atoms with Crippen molar-refractivity contribution in [2.75, 3.05) is 0 Å². The second-order valence-corrected chi connectivity index (χ2v) is 0.884. The summed E-state index contributed by atoms with van der Waals surface area (Å²) in [5, 5.41) is 0. The summed E-state index contributed by atoms with van der Waals surface area (Å²) in [5.41, 5.74) is 0. The molecule has 0 aliphatic carbocycles. The molecule has 0 saturated carbocycles. The van der Waals surface area contributed by atoms with Crippen molar-refractivity contribution < 1.29 is 0 Å². The quantitative estimate of drug-likeness (QED) is 0.377. The molecule has 0 unspecified atom stereocenters. The van der Waals surface area contributed by atoms with E-state index in [0.717, 1.165) is 0 Å². The van der Waals surface area contributed by atoms with Crippen molar-refractivity contribution in [1.29, 1.82) is 0 Å². The van der Waals surface area contributed by atoms with E-state index in [1.165, 1.54) is 0 Å². The Morgan fingerprint density at radius 2 is 2.00 bits per heavy atom. The van der Waals surface area contributed by atoms with E-state index in [0.29, 0.717) is 0 Å². The summed E-state index contributed by atoms with van der Waals surface area (Å²) in [6, 6.07) is 0. The zero-order chi connectivity index (χ0) is 3.41. The van der Waals surface area contributed by atoms with E-state index >= 15 is 0 Å². The molecule has 0 rings (SSSR count). The Bertz CT molecular complexity index is 40.0. The van der Waals surface area contributed by atoms with Crippen LogP contribution >= 0.6 is 22.6 Å². The lowest BCUT2D eigenvalue weighted by Crippen LogP contribution is -1.20. The summed E-state index contributed by atoms with van der Waals surface area (Å²) in [5.74, 6) is 2.67. The molecule has 0 spiro atoms. The minimum atomic E-state index is 1.81. The van der Waals surface area contributed by atoms with Crippen LogP contribution < -0.4 is 0 Å². The van der Waals surface area contributed by atoms with Gasteiger partial charge in [-0.3, -0.25) is 0 Å². The van der Waals surface area contributed by atoms with Gasteiger partial charge < -0.3 is 0 Å². The van der Waals surface area contributed by atoms with Crippen LogP contribution in [0.25, 0.3) is 0 Å². The maximum Gasteiger partial charge on any atom is 0.0181 e. The predicted octanol–water partition coefficient (Wildman–Crippen LogP) is 1.40. The highest BCUT2D eigenvalue weighted by Gasteiger charge is 1.29. The zero-order valence-electron chi connectivity index (χ0n) is 2.38. The summed E-state index contributed by atoms with van der Waals surface area (Å²) in [7, 11) is 0. The lowest BCUT2D eigenvalue weighted by Gasteiger charge is -1.37. The summed E-state index contributed by atoms with van der Waals surface area (Å²) in [6.07, 6.45) is 0. The summed E-state index contributed by atoms with van der Waals surface area (Å²) in [4.78, 5) is 0. The second-order valence-electron chi connectivity index (χ2n) is 0.344. The average Bonchev–Trinajstić information content (AvgIpc) is 1.37. The minimum absolute atomic E-state index is 1.81. The molecule has 0 aliphatic heterocycles. The van der Waals surface area contributed by atoms with Gasteiger partial charge in [-0.15, -0.1) is 0 Å². The van der Waals surface area contributed by atoms with Crippen LogP contribution in [0.3, 0.4) is 0 Å². The van der Waals surface area contributed by atoms with Crippen molar-refractivity contribution in [1.82, 2.24) is 0 Å². The molecule has 0 atom stereocenters. The first kappa shape index (κ1) is 4.29. The molecule has 0 aromatic carbocycles. The van der Waals surface area contributed by atoms with Gasteiger partial charge in [0.1, 0.15) is 0 Å². The topological polar surface area (TPSA) is 0 Å². The first-order chi connectivity index (χ1) is 1.91. The molecule has 0 bridgehead atoms. The molecular formula is C3H3I. The van der Waals surface area contributed by atoms with E-state index < -0.39 is 0 Å². The van der Waals surface area contributed by atoms with Gasteiger partial charge in [0.15, 0.2) is 0 Å². The molecular weight excluding hydrogens is 163 g/mol. The average molecular weight is 166 g/mol. The van der Waals surface area contributed by atoms with Crippen LogP contribution in [0.4, 0.5) is 0 Å². The monoisotopic (exact) mass is 166 g/mol. The fourth-order valence-corrected chi connectivity index (χ4v) is 0. The first-order valence-corrected chi connectivity index (χ1v) is 2.02. The fourth-order valence-electron chi connectivity index (χ4n) is 0. The summed E-state index contributed by atoms with van der Waals surface area (Å²) >= 11 is 1.99. The Labute approximate surface area is 39.7 Å².